The molecule has 2 aromatic carbocycles. The molecule has 0 saturated heterocycles. The Bertz CT molecular complexity index is 717. The van der Waals surface area contributed by atoms with Gasteiger partial charge in [0.05, 0.1) is 17.0 Å². The van der Waals surface area contributed by atoms with Gasteiger partial charge in [-0.05, 0) is 53.5 Å². The standard InChI is InChI=1S/C18H19BrN2O3/c1-12(2)24-16-9-8-14(11-15(16)19)18(23)21-20-17(22)10-13-6-4-3-5-7-13/h3-9,11-12H,10H2,1-2H3,(H,20,22)(H,21,23). The summed E-state index contributed by atoms with van der Waals surface area (Å²) >= 11 is 3.38. The van der Waals surface area contributed by atoms with Crippen molar-refractivity contribution in [3.05, 3.63) is 64.1 Å². The van der Waals surface area contributed by atoms with Gasteiger partial charge in [0.1, 0.15) is 5.75 Å². The van der Waals surface area contributed by atoms with Crippen molar-refractivity contribution < 1.29 is 14.3 Å². The van der Waals surface area contributed by atoms with Crippen molar-refractivity contribution in [2.24, 2.45) is 0 Å². The number of nitrogens with one attached hydrogen (secondary N) is 2. The van der Waals surface area contributed by atoms with Crippen LogP contribution in [0.25, 0.3) is 0 Å². The molecule has 0 fully saturated rings. The Morgan fingerprint density at radius 3 is 2.42 bits per heavy atom. The van der Waals surface area contributed by atoms with Crippen LogP contribution < -0.4 is 15.6 Å². The van der Waals surface area contributed by atoms with Crippen molar-refractivity contribution in [2.75, 3.05) is 0 Å². The van der Waals surface area contributed by atoms with Crippen molar-refractivity contribution in [3.63, 3.8) is 0 Å². The zero-order valence-corrected chi connectivity index (χ0v) is 15.1. The molecule has 0 radical (unpaired) electrons. The van der Waals surface area contributed by atoms with Crippen molar-refractivity contribution in [3.8, 4) is 5.75 Å². The number of carbonyl (C=O) groups excluding carboxylic acids is 2. The number of hydrazine groups is 1. The Kier molecular flexibility index (Phi) is 6.37. The first-order valence-corrected chi connectivity index (χ1v) is 8.34. The van der Waals surface area contributed by atoms with Crippen LogP contribution in [0.4, 0.5) is 0 Å². The van der Waals surface area contributed by atoms with Gasteiger partial charge in [0.15, 0.2) is 0 Å². The highest BCUT2D eigenvalue weighted by atomic mass is 79.9. The topological polar surface area (TPSA) is 67.4 Å². The van der Waals surface area contributed by atoms with Crippen molar-refractivity contribution in [2.45, 2.75) is 26.4 Å². The Balaban J connectivity index is 1.90. The van der Waals surface area contributed by atoms with Crippen LogP contribution in [0.15, 0.2) is 53.0 Å². The van der Waals surface area contributed by atoms with Crippen LogP contribution in [0.3, 0.4) is 0 Å². The zero-order valence-electron chi connectivity index (χ0n) is 13.5. The molecule has 2 amide bonds. The molecule has 0 aliphatic heterocycles. The number of hydrogen-bond acceptors (Lipinski definition) is 3. The van der Waals surface area contributed by atoms with E-state index in [9.17, 15) is 9.59 Å². The van der Waals surface area contributed by atoms with Crippen LogP contribution in [0.5, 0.6) is 5.75 Å². The summed E-state index contributed by atoms with van der Waals surface area (Å²) in [5, 5.41) is 0. The van der Waals surface area contributed by atoms with Gasteiger partial charge in [0, 0.05) is 5.56 Å². The average Bonchev–Trinajstić information content (AvgIpc) is 2.55. The second kappa shape index (κ2) is 8.49. The van der Waals surface area contributed by atoms with Gasteiger partial charge >= 0.3 is 0 Å². The summed E-state index contributed by atoms with van der Waals surface area (Å²) in [5.74, 6) is -0.0174. The lowest BCUT2D eigenvalue weighted by Gasteiger charge is -2.12. The summed E-state index contributed by atoms with van der Waals surface area (Å²) in [6, 6.07) is 14.3. The molecule has 0 aliphatic carbocycles. The van der Waals surface area contributed by atoms with Gasteiger partial charge in [-0.3, -0.25) is 20.4 Å². The molecule has 0 bridgehead atoms. The Morgan fingerprint density at radius 2 is 1.79 bits per heavy atom. The van der Waals surface area contributed by atoms with Crippen LogP contribution >= 0.6 is 15.9 Å². The molecule has 0 heterocycles. The van der Waals surface area contributed by atoms with Gasteiger partial charge in [-0.1, -0.05) is 30.3 Å². The molecule has 0 unspecified atom stereocenters. The molecule has 0 atom stereocenters. The number of halogens is 1. The number of benzene rings is 2. The molecular formula is C18H19BrN2O3. The van der Waals surface area contributed by atoms with E-state index in [-0.39, 0.29) is 18.4 Å². The molecule has 0 spiro atoms. The summed E-state index contributed by atoms with van der Waals surface area (Å²) in [7, 11) is 0. The van der Waals surface area contributed by atoms with E-state index < -0.39 is 5.91 Å². The molecule has 0 aliphatic rings. The molecule has 2 aromatic rings. The van der Waals surface area contributed by atoms with E-state index >= 15 is 0 Å². The fourth-order valence-electron chi connectivity index (χ4n) is 2.02. The second-order valence-corrected chi connectivity index (χ2v) is 6.33. The maximum Gasteiger partial charge on any atom is 0.269 e. The quantitative estimate of drug-likeness (QED) is 0.770. The molecular weight excluding hydrogens is 372 g/mol. The third-order valence-corrected chi connectivity index (χ3v) is 3.70. The number of amides is 2. The first-order chi connectivity index (χ1) is 11.5. The van der Waals surface area contributed by atoms with Crippen molar-refractivity contribution in [1.29, 1.82) is 0 Å². The minimum Gasteiger partial charge on any atom is -0.490 e. The predicted octanol–water partition coefficient (Wildman–Crippen LogP) is 3.24. The zero-order chi connectivity index (χ0) is 17.5. The molecule has 2 rings (SSSR count). The number of rotatable bonds is 5. The van der Waals surface area contributed by atoms with Crippen molar-refractivity contribution in [1.82, 2.24) is 10.9 Å². The smallest absolute Gasteiger partial charge is 0.269 e. The van der Waals surface area contributed by atoms with Crippen LogP contribution in [-0.2, 0) is 11.2 Å². The minimum absolute atomic E-state index is 0.0400. The maximum atomic E-state index is 12.1. The molecule has 2 N–H and O–H groups in total. The Hall–Kier alpha value is -2.34. The highest BCUT2D eigenvalue weighted by molar-refractivity contribution is 9.10. The SMILES string of the molecule is CC(C)Oc1ccc(C(=O)NNC(=O)Cc2ccccc2)cc1Br. The molecule has 126 valence electrons. The molecule has 5 nitrogen and oxygen atoms in total. The number of ether oxygens (including phenoxy) is 1. The summed E-state index contributed by atoms with van der Waals surface area (Å²) in [6.07, 6.45) is 0.240. The lowest BCUT2D eigenvalue weighted by Crippen LogP contribution is -2.42. The first kappa shape index (κ1) is 18.0. The molecule has 0 saturated carbocycles. The van der Waals surface area contributed by atoms with Crippen LogP contribution in [0.2, 0.25) is 0 Å². The highest BCUT2D eigenvalue weighted by Gasteiger charge is 2.11. The van der Waals surface area contributed by atoms with E-state index in [1.165, 1.54) is 0 Å². The second-order valence-electron chi connectivity index (χ2n) is 5.48. The summed E-state index contributed by atoms with van der Waals surface area (Å²) in [6.45, 7) is 3.85. The van der Waals surface area contributed by atoms with E-state index in [1.807, 2.05) is 44.2 Å². The van der Waals surface area contributed by atoms with Gasteiger partial charge in [-0.2, -0.15) is 0 Å². The summed E-state index contributed by atoms with van der Waals surface area (Å²) in [5.41, 5.74) is 6.11. The fourth-order valence-corrected chi connectivity index (χ4v) is 2.49. The third-order valence-electron chi connectivity index (χ3n) is 3.08. The van der Waals surface area contributed by atoms with Crippen LogP contribution in [0.1, 0.15) is 29.8 Å². The largest absolute Gasteiger partial charge is 0.490 e. The fraction of sp³-hybridized carbons (Fsp3) is 0.222. The van der Waals surface area contributed by atoms with Gasteiger partial charge in [0.2, 0.25) is 5.91 Å². The van der Waals surface area contributed by atoms with Gasteiger partial charge in [-0.15, -0.1) is 0 Å². The monoisotopic (exact) mass is 390 g/mol. The van der Waals surface area contributed by atoms with Gasteiger partial charge in [0.25, 0.3) is 5.91 Å². The van der Waals surface area contributed by atoms with Crippen LogP contribution in [0, 0.1) is 0 Å². The van der Waals surface area contributed by atoms with Gasteiger partial charge in [-0.25, -0.2) is 0 Å². The van der Waals surface area contributed by atoms with Crippen molar-refractivity contribution >= 4 is 27.7 Å². The maximum absolute atomic E-state index is 12.1. The van der Waals surface area contributed by atoms with E-state index in [4.69, 9.17) is 4.74 Å². The molecule has 0 aromatic heterocycles. The van der Waals surface area contributed by atoms with E-state index in [0.717, 1.165) is 5.56 Å². The summed E-state index contributed by atoms with van der Waals surface area (Å²) in [4.78, 5) is 23.9. The van der Waals surface area contributed by atoms with Gasteiger partial charge < -0.3 is 4.74 Å². The first-order valence-electron chi connectivity index (χ1n) is 7.55. The summed E-state index contributed by atoms with van der Waals surface area (Å²) < 4.78 is 6.28. The predicted molar refractivity (Wildman–Crippen MR) is 95.7 cm³/mol. The molecule has 24 heavy (non-hydrogen) atoms. The lowest BCUT2D eigenvalue weighted by molar-refractivity contribution is -0.121. The third kappa shape index (κ3) is 5.38. The number of hydrogen-bond donors (Lipinski definition) is 2. The highest BCUT2D eigenvalue weighted by Crippen LogP contribution is 2.26. The molecule has 6 heteroatoms. The Morgan fingerprint density at radius 1 is 1.08 bits per heavy atom. The van der Waals surface area contributed by atoms with E-state index in [0.29, 0.717) is 15.8 Å². The average molecular weight is 391 g/mol. The van der Waals surface area contributed by atoms with E-state index in [2.05, 4.69) is 26.8 Å². The minimum atomic E-state index is -0.395. The Labute approximate surface area is 149 Å². The lowest BCUT2D eigenvalue weighted by atomic mass is 10.1. The van der Waals surface area contributed by atoms with E-state index in [1.54, 1.807) is 18.2 Å². The van der Waals surface area contributed by atoms with Crippen LogP contribution in [-0.4, -0.2) is 17.9 Å². The normalized spacial score (nSPS) is 10.3. The number of carbonyl (C=O) groups is 2.